The Morgan fingerprint density at radius 1 is 1.27 bits per heavy atom. The van der Waals surface area contributed by atoms with Gasteiger partial charge < -0.3 is 10.2 Å². The molecule has 5 heteroatoms. The molecular formula is C10H17ClN4. The van der Waals surface area contributed by atoms with E-state index >= 15 is 0 Å². The van der Waals surface area contributed by atoms with Gasteiger partial charge in [-0.3, -0.25) is 0 Å². The Morgan fingerprint density at radius 3 is 2.67 bits per heavy atom. The van der Waals surface area contributed by atoms with Gasteiger partial charge in [0.15, 0.2) is 5.15 Å². The van der Waals surface area contributed by atoms with E-state index in [1.165, 1.54) is 6.42 Å². The summed E-state index contributed by atoms with van der Waals surface area (Å²) in [4.78, 5) is 2.18. The zero-order valence-electron chi connectivity index (χ0n) is 9.20. The first-order chi connectivity index (χ1) is 7.18. The molecule has 1 rings (SSSR count). The Kier molecular flexibility index (Phi) is 5.36. The van der Waals surface area contributed by atoms with Crippen molar-refractivity contribution in [2.75, 3.05) is 32.5 Å². The molecule has 1 heterocycles. The van der Waals surface area contributed by atoms with Gasteiger partial charge in [0.05, 0.1) is 0 Å². The van der Waals surface area contributed by atoms with Crippen molar-refractivity contribution >= 4 is 17.4 Å². The van der Waals surface area contributed by atoms with Crippen molar-refractivity contribution in [2.24, 2.45) is 0 Å². The molecule has 0 atom stereocenters. The Hall–Kier alpha value is -0.870. The number of aromatic nitrogens is 2. The van der Waals surface area contributed by atoms with Crippen LogP contribution in [0.25, 0.3) is 0 Å². The minimum Gasteiger partial charge on any atom is -0.369 e. The van der Waals surface area contributed by atoms with Crippen molar-refractivity contribution in [3.63, 3.8) is 0 Å². The fourth-order valence-electron chi connectivity index (χ4n) is 1.18. The van der Waals surface area contributed by atoms with Crippen LogP contribution in [0.5, 0.6) is 0 Å². The first kappa shape index (κ1) is 12.2. The van der Waals surface area contributed by atoms with Crippen LogP contribution in [0.2, 0.25) is 5.15 Å². The van der Waals surface area contributed by atoms with Crippen LogP contribution >= 0.6 is 11.6 Å². The molecule has 1 N–H and O–H groups in total. The lowest BCUT2D eigenvalue weighted by Gasteiger charge is -2.09. The number of rotatable bonds is 6. The van der Waals surface area contributed by atoms with Crippen LogP contribution in [-0.2, 0) is 0 Å². The highest BCUT2D eigenvalue weighted by molar-refractivity contribution is 6.29. The van der Waals surface area contributed by atoms with E-state index in [1.54, 1.807) is 6.07 Å². The van der Waals surface area contributed by atoms with Gasteiger partial charge in [0.1, 0.15) is 5.82 Å². The summed E-state index contributed by atoms with van der Waals surface area (Å²) in [5.41, 5.74) is 0. The van der Waals surface area contributed by atoms with E-state index in [4.69, 9.17) is 11.6 Å². The molecule has 0 unspecified atom stereocenters. The average molecular weight is 229 g/mol. The number of nitrogens with zero attached hydrogens (tertiary/aromatic N) is 3. The lowest BCUT2D eigenvalue weighted by Crippen LogP contribution is -2.14. The normalized spacial score (nSPS) is 10.7. The maximum atomic E-state index is 5.62. The van der Waals surface area contributed by atoms with Crippen LogP contribution in [0.15, 0.2) is 12.1 Å². The fourth-order valence-corrected chi connectivity index (χ4v) is 1.28. The van der Waals surface area contributed by atoms with Gasteiger partial charge in [-0.1, -0.05) is 11.6 Å². The van der Waals surface area contributed by atoms with Gasteiger partial charge in [0.2, 0.25) is 0 Å². The van der Waals surface area contributed by atoms with Crippen LogP contribution < -0.4 is 5.32 Å². The number of hydrogen-bond acceptors (Lipinski definition) is 4. The predicted molar refractivity (Wildman–Crippen MR) is 63.3 cm³/mol. The summed E-state index contributed by atoms with van der Waals surface area (Å²) in [5, 5.41) is 11.3. The first-order valence-electron chi connectivity index (χ1n) is 5.06. The number of hydrogen-bond donors (Lipinski definition) is 1. The predicted octanol–water partition coefficient (Wildman–Crippen LogP) is 1.88. The summed E-state index contributed by atoms with van der Waals surface area (Å²) in [6, 6.07) is 3.57. The largest absolute Gasteiger partial charge is 0.369 e. The zero-order chi connectivity index (χ0) is 11.1. The van der Waals surface area contributed by atoms with E-state index in [2.05, 4.69) is 34.5 Å². The van der Waals surface area contributed by atoms with E-state index in [0.29, 0.717) is 5.15 Å². The molecule has 0 saturated carbocycles. The Labute approximate surface area is 95.6 Å². The zero-order valence-corrected chi connectivity index (χ0v) is 9.96. The molecule has 0 fully saturated rings. The van der Waals surface area contributed by atoms with Gasteiger partial charge >= 0.3 is 0 Å². The van der Waals surface area contributed by atoms with Crippen LogP contribution in [0.1, 0.15) is 12.8 Å². The molecule has 0 radical (unpaired) electrons. The molecule has 0 bridgehead atoms. The Balaban J connectivity index is 2.12. The van der Waals surface area contributed by atoms with Crippen molar-refractivity contribution in [3.05, 3.63) is 17.3 Å². The molecule has 4 nitrogen and oxygen atoms in total. The highest BCUT2D eigenvalue weighted by atomic mass is 35.5. The second-order valence-corrected chi connectivity index (χ2v) is 4.07. The SMILES string of the molecule is CN(C)CCCCNc1ccc(Cl)nn1. The maximum absolute atomic E-state index is 5.62. The first-order valence-corrected chi connectivity index (χ1v) is 5.44. The van der Waals surface area contributed by atoms with E-state index < -0.39 is 0 Å². The average Bonchev–Trinajstić information content (AvgIpc) is 2.20. The van der Waals surface area contributed by atoms with Crippen LogP contribution in [-0.4, -0.2) is 42.3 Å². The summed E-state index contributed by atoms with van der Waals surface area (Å²) in [5.74, 6) is 0.782. The lowest BCUT2D eigenvalue weighted by molar-refractivity contribution is 0.396. The highest BCUT2D eigenvalue weighted by Gasteiger charge is 1.95. The topological polar surface area (TPSA) is 41.0 Å². The van der Waals surface area contributed by atoms with E-state index in [1.807, 2.05) is 6.07 Å². The van der Waals surface area contributed by atoms with Gasteiger partial charge in [-0.2, -0.15) is 0 Å². The standard InChI is InChI=1S/C10H17ClN4/c1-15(2)8-4-3-7-12-10-6-5-9(11)13-14-10/h5-6H,3-4,7-8H2,1-2H3,(H,12,14). The van der Waals surface area contributed by atoms with Gasteiger partial charge in [0.25, 0.3) is 0 Å². The maximum Gasteiger partial charge on any atom is 0.151 e. The number of unbranched alkanes of at least 4 members (excludes halogenated alkanes) is 1. The van der Waals surface area contributed by atoms with E-state index in [-0.39, 0.29) is 0 Å². The Bertz CT molecular complexity index is 273. The van der Waals surface area contributed by atoms with E-state index in [9.17, 15) is 0 Å². The minimum absolute atomic E-state index is 0.424. The quantitative estimate of drug-likeness (QED) is 0.755. The molecule has 1 aromatic rings. The minimum atomic E-state index is 0.424. The van der Waals surface area contributed by atoms with Crippen molar-refractivity contribution in [1.29, 1.82) is 0 Å². The second-order valence-electron chi connectivity index (χ2n) is 3.68. The summed E-state index contributed by atoms with van der Waals surface area (Å²) in [6.45, 7) is 2.04. The molecule has 0 aliphatic heterocycles. The third kappa shape index (κ3) is 5.54. The molecule has 0 aliphatic rings. The molecule has 1 aromatic heterocycles. The molecule has 0 saturated heterocycles. The molecule has 0 spiro atoms. The molecule has 0 aliphatic carbocycles. The van der Waals surface area contributed by atoms with Gasteiger partial charge in [-0.25, -0.2) is 0 Å². The molecule has 84 valence electrons. The fraction of sp³-hybridized carbons (Fsp3) is 0.600. The molecular weight excluding hydrogens is 212 g/mol. The van der Waals surface area contributed by atoms with Crippen molar-refractivity contribution in [3.8, 4) is 0 Å². The molecule has 0 aromatic carbocycles. The van der Waals surface area contributed by atoms with Crippen LogP contribution in [0.4, 0.5) is 5.82 Å². The third-order valence-corrected chi connectivity index (χ3v) is 2.17. The second kappa shape index (κ2) is 6.58. The molecule has 0 amide bonds. The lowest BCUT2D eigenvalue weighted by atomic mass is 10.3. The van der Waals surface area contributed by atoms with Crippen molar-refractivity contribution < 1.29 is 0 Å². The monoisotopic (exact) mass is 228 g/mol. The highest BCUT2D eigenvalue weighted by Crippen LogP contribution is 2.05. The summed E-state index contributed by atoms with van der Waals surface area (Å²) in [7, 11) is 4.16. The third-order valence-electron chi connectivity index (χ3n) is 1.97. The number of anilines is 1. The van der Waals surface area contributed by atoms with Gasteiger partial charge in [-0.15, -0.1) is 10.2 Å². The van der Waals surface area contributed by atoms with Crippen LogP contribution in [0.3, 0.4) is 0 Å². The molecule has 15 heavy (non-hydrogen) atoms. The number of halogens is 1. The van der Waals surface area contributed by atoms with Crippen LogP contribution in [0, 0.1) is 0 Å². The summed E-state index contributed by atoms with van der Waals surface area (Å²) >= 11 is 5.62. The summed E-state index contributed by atoms with van der Waals surface area (Å²) in [6.07, 6.45) is 2.31. The van der Waals surface area contributed by atoms with Gasteiger partial charge in [0, 0.05) is 6.54 Å². The van der Waals surface area contributed by atoms with Crippen molar-refractivity contribution in [2.45, 2.75) is 12.8 Å². The number of nitrogens with one attached hydrogen (secondary N) is 1. The van der Waals surface area contributed by atoms with E-state index in [0.717, 1.165) is 25.3 Å². The van der Waals surface area contributed by atoms with Gasteiger partial charge in [-0.05, 0) is 45.6 Å². The Morgan fingerprint density at radius 2 is 2.07 bits per heavy atom. The van der Waals surface area contributed by atoms with Crippen molar-refractivity contribution in [1.82, 2.24) is 15.1 Å². The summed E-state index contributed by atoms with van der Waals surface area (Å²) < 4.78 is 0. The smallest absolute Gasteiger partial charge is 0.151 e.